The molecule has 0 saturated carbocycles. The van der Waals surface area contributed by atoms with Gasteiger partial charge in [0.2, 0.25) is 0 Å². The van der Waals surface area contributed by atoms with Crippen LogP contribution in [0.1, 0.15) is 42.0 Å². The molecule has 3 aromatic rings. The zero-order valence-corrected chi connectivity index (χ0v) is 17.6. The molecule has 2 atom stereocenters. The van der Waals surface area contributed by atoms with E-state index in [1.54, 1.807) is 30.7 Å². The molecule has 4 rings (SSSR count). The Morgan fingerprint density at radius 1 is 1.17 bits per heavy atom. The van der Waals surface area contributed by atoms with Crippen LogP contribution in [0.4, 0.5) is 10.2 Å². The van der Waals surface area contributed by atoms with E-state index < -0.39 is 0 Å². The van der Waals surface area contributed by atoms with Crippen molar-refractivity contribution < 1.29 is 9.50 Å². The van der Waals surface area contributed by atoms with Crippen molar-refractivity contribution in [2.24, 2.45) is 0 Å². The van der Waals surface area contributed by atoms with E-state index in [1.807, 2.05) is 6.07 Å². The monoisotopic (exact) mass is 429 g/mol. The number of rotatable bonds is 6. The van der Waals surface area contributed by atoms with E-state index in [9.17, 15) is 9.50 Å². The number of hydrogen-bond donors (Lipinski definition) is 1. The van der Waals surface area contributed by atoms with E-state index in [-0.39, 0.29) is 30.2 Å². The molecule has 1 fully saturated rings. The van der Waals surface area contributed by atoms with Crippen molar-refractivity contribution in [2.45, 2.75) is 38.2 Å². The summed E-state index contributed by atoms with van der Waals surface area (Å²) in [5.74, 6) is 1.48. The van der Waals surface area contributed by atoms with E-state index in [4.69, 9.17) is 9.97 Å². The van der Waals surface area contributed by atoms with Gasteiger partial charge in [-0.15, -0.1) is 12.4 Å². The first-order chi connectivity index (χ1) is 14.1. The third kappa shape index (κ3) is 5.49. The molecular formula is C22H25ClFN5O. The number of β-amino-alcohol motifs (C(OH)–C–C–N with tert-alkyl or cyclic N) is 1. The lowest BCUT2D eigenvalue weighted by Crippen LogP contribution is -2.23. The molecule has 1 aliphatic heterocycles. The van der Waals surface area contributed by atoms with Crippen LogP contribution in [0.5, 0.6) is 0 Å². The van der Waals surface area contributed by atoms with Crippen LogP contribution in [0.2, 0.25) is 0 Å². The lowest BCUT2D eigenvalue weighted by atomic mass is 9.97. The van der Waals surface area contributed by atoms with Gasteiger partial charge in [-0.05, 0) is 30.0 Å². The first kappa shape index (κ1) is 22.1. The van der Waals surface area contributed by atoms with Crippen molar-refractivity contribution in [1.29, 1.82) is 0 Å². The van der Waals surface area contributed by atoms with Crippen molar-refractivity contribution in [3.8, 4) is 0 Å². The Morgan fingerprint density at radius 2 is 1.97 bits per heavy atom. The second-order valence-corrected chi connectivity index (χ2v) is 7.55. The van der Waals surface area contributed by atoms with E-state index in [2.05, 4.69) is 21.8 Å². The first-order valence-electron chi connectivity index (χ1n) is 9.87. The maximum atomic E-state index is 13.2. The summed E-state index contributed by atoms with van der Waals surface area (Å²) >= 11 is 0. The summed E-state index contributed by atoms with van der Waals surface area (Å²) in [5, 5.41) is 9.92. The number of nitrogens with zero attached hydrogens (tertiary/aromatic N) is 5. The van der Waals surface area contributed by atoms with Gasteiger partial charge in [-0.25, -0.2) is 14.4 Å². The summed E-state index contributed by atoms with van der Waals surface area (Å²) < 4.78 is 13.2. The predicted octanol–water partition coefficient (Wildman–Crippen LogP) is 3.34. The van der Waals surface area contributed by atoms with Gasteiger partial charge < -0.3 is 10.0 Å². The van der Waals surface area contributed by atoms with Gasteiger partial charge in [-0.2, -0.15) is 0 Å². The Balaban J connectivity index is 0.00000256. The molecule has 0 amide bonds. The van der Waals surface area contributed by atoms with E-state index >= 15 is 0 Å². The molecule has 1 N–H and O–H groups in total. The number of aliphatic hydroxyl groups excluding tert-OH is 1. The van der Waals surface area contributed by atoms with Crippen LogP contribution in [-0.2, 0) is 12.8 Å². The zero-order valence-electron chi connectivity index (χ0n) is 16.8. The minimum Gasteiger partial charge on any atom is -0.391 e. The number of hydrogen-bond acceptors (Lipinski definition) is 6. The minimum absolute atomic E-state index is 0. The molecule has 1 aliphatic rings. The zero-order chi connectivity index (χ0) is 20.2. The maximum Gasteiger partial charge on any atom is 0.132 e. The Hall–Kier alpha value is -2.64. The van der Waals surface area contributed by atoms with Crippen molar-refractivity contribution in [2.75, 3.05) is 18.0 Å². The van der Waals surface area contributed by atoms with Gasteiger partial charge in [0.25, 0.3) is 0 Å². The molecule has 0 spiro atoms. The topological polar surface area (TPSA) is 75.0 Å². The first-order valence-corrected chi connectivity index (χ1v) is 9.87. The van der Waals surface area contributed by atoms with Crippen molar-refractivity contribution in [3.05, 3.63) is 77.5 Å². The molecule has 1 unspecified atom stereocenters. The van der Waals surface area contributed by atoms with Crippen LogP contribution in [0, 0.1) is 5.82 Å². The smallest absolute Gasteiger partial charge is 0.132 e. The average molecular weight is 430 g/mol. The molecule has 1 aromatic carbocycles. The molecule has 30 heavy (non-hydrogen) atoms. The second-order valence-electron chi connectivity index (χ2n) is 7.55. The van der Waals surface area contributed by atoms with Gasteiger partial charge in [0.05, 0.1) is 17.5 Å². The Labute approximate surface area is 181 Å². The summed E-state index contributed by atoms with van der Waals surface area (Å²) in [5.41, 5.74) is 2.77. The summed E-state index contributed by atoms with van der Waals surface area (Å²) in [6, 6.07) is 8.55. The highest BCUT2D eigenvalue weighted by Crippen LogP contribution is 2.24. The van der Waals surface area contributed by atoms with Crippen LogP contribution in [0.3, 0.4) is 0 Å². The lowest BCUT2D eigenvalue weighted by molar-refractivity contribution is 0.198. The summed E-state index contributed by atoms with van der Waals surface area (Å²) in [7, 11) is 0. The van der Waals surface area contributed by atoms with Gasteiger partial charge in [-0.3, -0.25) is 9.97 Å². The lowest BCUT2D eigenvalue weighted by Gasteiger charge is -2.19. The van der Waals surface area contributed by atoms with E-state index in [0.29, 0.717) is 19.4 Å². The van der Waals surface area contributed by atoms with Gasteiger partial charge >= 0.3 is 0 Å². The highest BCUT2D eigenvalue weighted by Gasteiger charge is 2.23. The number of aromatic nitrogens is 4. The van der Waals surface area contributed by atoms with Gasteiger partial charge in [0.1, 0.15) is 17.5 Å². The highest BCUT2D eigenvalue weighted by molar-refractivity contribution is 5.85. The van der Waals surface area contributed by atoms with Crippen molar-refractivity contribution >= 4 is 18.2 Å². The molecule has 158 valence electrons. The summed E-state index contributed by atoms with van der Waals surface area (Å²) in [6.07, 6.45) is 6.69. The van der Waals surface area contributed by atoms with Crippen LogP contribution in [-0.4, -0.2) is 44.2 Å². The van der Waals surface area contributed by atoms with Crippen molar-refractivity contribution in [1.82, 2.24) is 19.9 Å². The quantitative estimate of drug-likeness (QED) is 0.647. The molecule has 3 heterocycles. The third-order valence-electron chi connectivity index (χ3n) is 5.21. The van der Waals surface area contributed by atoms with E-state index in [1.165, 1.54) is 12.1 Å². The average Bonchev–Trinajstić information content (AvgIpc) is 3.15. The van der Waals surface area contributed by atoms with Crippen LogP contribution in [0.15, 0.2) is 48.9 Å². The normalized spacial score (nSPS) is 16.9. The van der Waals surface area contributed by atoms with Gasteiger partial charge in [0.15, 0.2) is 0 Å². The SMILES string of the molecule is C[C@H](Cc1nc(Cc2cnccn2)cc(N2CCC(O)C2)n1)c1ccc(F)cc1.Cl. The molecule has 1 saturated heterocycles. The van der Waals surface area contributed by atoms with Crippen LogP contribution >= 0.6 is 12.4 Å². The molecule has 0 bridgehead atoms. The standard InChI is InChI=1S/C22H24FN5O.ClH/c1-15(16-2-4-17(23)5-3-16)10-21-26-18(11-19-13-24-7-8-25-19)12-22(27-21)28-9-6-20(29)14-28;/h2-5,7-8,12-13,15,20,29H,6,9-11,14H2,1H3;1H/t15-,20?;/m1./s1. The van der Waals surface area contributed by atoms with Gasteiger partial charge in [-0.1, -0.05) is 19.1 Å². The molecule has 2 aromatic heterocycles. The molecule has 0 aliphatic carbocycles. The summed E-state index contributed by atoms with van der Waals surface area (Å²) in [6.45, 7) is 3.44. The molecule has 6 nitrogen and oxygen atoms in total. The second kappa shape index (κ2) is 9.91. The highest BCUT2D eigenvalue weighted by atomic mass is 35.5. The Kier molecular flexibility index (Phi) is 7.29. The number of aliphatic hydroxyl groups is 1. The minimum atomic E-state index is -0.324. The number of anilines is 1. The number of halogens is 2. The van der Waals surface area contributed by atoms with Crippen molar-refractivity contribution in [3.63, 3.8) is 0 Å². The fraction of sp³-hybridized carbons (Fsp3) is 0.364. The van der Waals surface area contributed by atoms with Crippen LogP contribution in [0.25, 0.3) is 0 Å². The van der Waals surface area contributed by atoms with E-state index in [0.717, 1.165) is 41.6 Å². The third-order valence-corrected chi connectivity index (χ3v) is 5.21. The molecule has 8 heteroatoms. The fourth-order valence-electron chi connectivity index (χ4n) is 3.62. The predicted molar refractivity (Wildman–Crippen MR) is 115 cm³/mol. The molecular weight excluding hydrogens is 405 g/mol. The van der Waals surface area contributed by atoms with Crippen LogP contribution < -0.4 is 4.90 Å². The fourth-order valence-corrected chi connectivity index (χ4v) is 3.62. The van der Waals surface area contributed by atoms with Gasteiger partial charge in [0, 0.05) is 50.6 Å². The Morgan fingerprint density at radius 3 is 2.63 bits per heavy atom. The maximum absolute atomic E-state index is 13.2. The summed E-state index contributed by atoms with van der Waals surface area (Å²) in [4.78, 5) is 20.1. The number of benzene rings is 1. The Bertz CT molecular complexity index is 958. The largest absolute Gasteiger partial charge is 0.391 e. The molecule has 0 radical (unpaired) electrons.